The summed E-state index contributed by atoms with van der Waals surface area (Å²) in [6.07, 6.45) is -1.28. The third-order valence-corrected chi connectivity index (χ3v) is 5.90. The molecule has 2 radical (unpaired) electrons. The third kappa shape index (κ3) is 4.32. The van der Waals surface area contributed by atoms with E-state index < -0.39 is 43.4 Å². The van der Waals surface area contributed by atoms with Crippen molar-refractivity contribution in [3.05, 3.63) is 0 Å². The molecule has 0 aromatic carbocycles. The molecule has 128 valence electrons. The maximum atomic E-state index is 12.0. The average molecular weight is 336 g/mol. The Morgan fingerprint density at radius 1 is 1.41 bits per heavy atom. The maximum absolute atomic E-state index is 12.0. The average Bonchev–Trinajstić information content (AvgIpc) is 2.71. The Morgan fingerprint density at radius 2 is 1.95 bits per heavy atom. The molecule has 1 aliphatic rings. The highest BCUT2D eigenvalue weighted by atomic mass is 31.2. The van der Waals surface area contributed by atoms with E-state index in [1.807, 2.05) is 0 Å². The highest BCUT2D eigenvalue weighted by Gasteiger charge is 2.47. The monoisotopic (exact) mass is 336 g/mol. The van der Waals surface area contributed by atoms with Gasteiger partial charge in [0.1, 0.15) is 20.1 Å². The molecule has 3 N–H and O–H groups in total. The van der Waals surface area contributed by atoms with Crippen molar-refractivity contribution in [1.29, 1.82) is 0 Å². The first kappa shape index (κ1) is 20.1. The highest BCUT2D eigenvalue weighted by Crippen LogP contribution is 2.52. The van der Waals surface area contributed by atoms with E-state index in [9.17, 15) is 19.7 Å². The Bertz CT molecular complexity index is 402. The summed E-state index contributed by atoms with van der Waals surface area (Å²) in [6, 6.07) is -0.769. The van der Waals surface area contributed by atoms with Gasteiger partial charge in [0.15, 0.2) is 5.85 Å². The van der Waals surface area contributed by atoms with Crippen LogP contribution in [0.3, 0.4) is 0 Å². The molecule has 1 aliphatic heterocycles. The van der Waals surface area contributed by atoms with Crippen LogP contribution in [0.2, 0.25) is 0 Å². The molecule has 22 heavy (non-hydrogen) atoms. The van der Waals surface area contributed by atoms with E-state index in [1.165, 1.54) is 14.0 Å². The molecule has 0 spiro atoms. The fourth-order valence-electron chi connectivity index (χ4n) is 2.63. The second kappa shape index (κ2) is 7.75. The zero-order chi connectivity index (χ0) is 17.1. The molecule has 9 heteroatoms. The fourth-order valence-corrected chi connectivity index (χ4v) is 3.67. The van der Waals surface area contributed by atoms with Crippen LogP contribution < -0.4 is 0 Å². The van der Waals surface area contributed by atoms with Crippen molar-refractivity contribution in [2.24, 2.45) is 0 Å². The van der Waals surface area contributed by atoms with Crippen LogP contribution in [-0.4, -0.2) is 65.8 Å². The number of aliphatic hydroxyl groups excluding tert-OH is 2. The molecule has 0 bridgehead atoms. The first-order valence-electron chi connectivity index (χ1n) is 7.45. The second-order valence-corrected chi connectivity index (χ2v) is 7.77. The summed E-state index contributed by atoms with van der Waals surface area (Å²) in [6.45, 7) is 4.82. The van der Waals surface area contributed by atoms with Gasteiger partial charge in [-0.15, -0.1) is 0 Å². The Balaban J connectivity index is 2.91. The zero-order valence-electron chi connectivity index (χ0n) is 13.5. The smallest absolute Gasteiger partial charge is 0.356 e. The summed E-state index contributed by atoms with van der Waals surface area (Å²) in [7, 11) is 3.01. The summed E-state index contributed by atoms with van der Waals surface area (Å²) in [5, 5.41) is 19.6. The normalized spacial score (nSPS) is 33.6. The molecule has 0 aromatic rings. The Hall–Kier alpha value is 0.0549. The lowest BCUT2D eigenvalue weighted by Gasteiger charge is -2.36. The summed E-state index contributed by atoms with van der Waals surface area (Å²) >= 11 is 0. The van der Waals surface area contributed by atoms with Crippen molar-refractivity contribution in [3.63, 3.8) is 0 Å². The lowest BCUT2D eigenvalue weighted by Crippen LogP contribution is -2.41. The van der Waals surface area contributed by atoms with Gasteiger partial charge in [0, 0.05) is 19.5 Å². The predicted molar refractivity (Wildman–Crippen MR) is 81.7 cm³/mol. The van der Waals surface area contributed by atoms with Crippen LogP contribution in [0.4, 0.5) is 0 Å². The number of ether oxygens (including phenoxy) is 2. The van der Waals surface area contributed by atoms with Gasteiger partial charge in [-0.2, -0.15) is 0 Å². The van der Waals surface area contributed by atoms with Crippen LogP contribution in [0.25, 0.3) is 0 Å². The minimum atomic E-state index is -4.18. The van der Waals surface area contributed by atoms with Crippen molar-refractivity contribution in [2.45, 2.75) is 75.8 Å². The van der Waals surface area contributed by atoms with Crippen LogP contribution in [-0.2, 0) is 18.6 Å². The molecular formula is C13H26BO7P. The first-order chi connectivity index (χ1) is 10.1. The molecular weight excluding hydrogens is 310 g/mol. The van der Waals surface area contributed by atoms with Crippen LogP contribution >= 0.6 is 7.60 Å². The molecule has 1 saturated heterocycles. The number of aliphatic hydroxyl groups is 2. The van der Waals surface area contributed by atoms with Gasteiger partial charge < -0.3 is 29.1 Å². The van der Waals surface area contributed by atoms with Gasteiger partial charge in [0.05, 0.1) is 11.7 Å². The van der Waals surface area contributed by atoms with Gasteiger partial charge in [-0.05, 0) is 19.8 Å². The van der Waals surface area contributed by atoms with Crippen molar-refractivity contribution in [2.75, 3.05) is 7.11 Å². The minimum Gasteiger partial charge on any atom is -0.388 e. The van der Waals surface area contributed by atoms with E-state index in [-0.39, 0.29) is 6.42 Å². The van der Waals surface area contributed by atoms with Gasteiger partial charge in [-0.3, -0.25) is 4.57 Å². The number of methoxy groups -OCH3 is 1. The Morgan fingerprint density at radius 3 is 2.32 bits per heavy atom. The lowest BCUT2D eigenvalue weighted by molar-refractivity contribution is -0.0503. The van der Waals surface area contributed by atoms with Gasteiger partial charge in [0.25, 0.3) is 0 Å². The Kier molecular flexibility index (Phi) is 7.08. The van der Waals surface area contributed by atoms with E-state index in [1.54, 1.807) is 13.8 Å². The topological polar surface area (TPSA) is 105 Å². The van der Waals surface area contributed by atoms with Gasteiger partial charge in [0.2, 0.25) is 0 Å². The van der Waals surface area contributed by atoms with Crippen LogP contribution in [0.15, 0.2) is 0 Å². The van der Waals surface area contributed by atoms with Crippen LogP contribution in [0.1, 0.15) is 40.0 Å². The standard InChI is InChI=1S/C13H26BO7P/c1-5-13(6-2,21-22(17,18)8(3)15)7-9-10(16)11(19-4)12(14)20-9/h8-12,15-16H,5-7H2,1-4H3,(H,17,18)/t8?,9-,10-,11-,12-/m1/s1. The van der Waals surface area contributed by atoms with E-state index in [0.717, 1.165) is 0 Å². The predicted octanol–water partition coefficient (Wildman–Crippen LogP) is 0.745. The maximum Gasteiger partial charge on any atom is 0.356 e. The van der Waals surface area contributed by atoms with Gasteiger partial charge in [-0.25, -0.2) is 0 Å². The van der Waals surface area contributed by atoms with Crippen LogP contribution in [0.5, 0.6) is 0 Å². The molecule has 6 atom stereocenters. The number of rotatable bonds is 8. The highest BCUT2D eigenvalue weighted by molar-refractivity contribution is 7.53. The van der Waals surface area contributed by atoms with E-state index in [2.05, 4.69) is 0 Å². The molecule has 0 saturated carbocycles. The molecule has 0 amide bonds. The third-order valence-electron chi connectivity index (χ3n) is 4.30. The second-order valence-electron chi connectivity index (χ2n) is 5.71. The van der Waals surface area contributed by atoms with E-state index in [4.69, 9.17) is 21.8 Å². The quantitative estimate of drug-likeness (QED) is 0.444. The molecule has 0 aliphatic carbocycles. The van der Waals surface area contributed by atoms with E-state index >= 15 is 0 Å². The van der Waals surface area contributed by atoms with Crippen molar-refractivity contribution >= 4 is 15.4 Å². The summed E-state index contributed by atoms with van der Waals surface area (Å²) in [4.78, 5) is 9.81. The van der Waals surface area contributed by atoms with Gasteiger partial charge >= 0.3 is 7.60 Å². The molecule has 1 fully saturated rings. The number of hydrogen-bond donors (Lipinski definition) is 3. The molecule has 0 aromatic heterocycles. The zero-order valence-corrected chi connectivity index (χ0v) is 14.4. The molecule has 1 heterocycles. The number of hydrogen-bond acceptors (Lipinski definition) is 6. The lowest BCUT2D eigenvalue weighted by atomic mass is 9.87. The van der Waals surface area contributed by atoms with Crippen molar-refractivity contribution in [1.82, 2.24) is 0 Å². The van der Waals surface area contributed by atoms with Crippen molar-refractivity contribution < 1.29 is 33.7 Å². The van der Waals surface area contributed by atoms with Crippen molar-refractivity contribution in [3.8, 4) is 0 Å². The van der Waals surface area contributed by atoms with Gasteiger partial charge in [-0.1, -0.05) is 13.8 Å². The summed E-state index contributed by atoms with van der Waals surface area (Å²) in [5.74, 6) is -1.49. The fraction of sp³-hybridized carbons (Fsp3) is 1.00. The Labute approximate surface area is 132 Å². The first-order valence-corrected chi connectivity index (χ1v) is 9.10. The van der Waals surface area contributed by atoms with E-state index in [0.29, 0.717) is 12.8 Å². The van der Waals surface area contributed by atoms with Crippen LogP contribution in [0, 0.1) is 0 Å². The molecule has 1 rings (SSSR count). The summed E-state index contributed by atoms with van der Waals surface area (Å²) in [5.41, 5.74) is -1.00. The molecule has 7 nitrogen and oxygen atoms in total. The largest absolute Gasteiger partial charge is 0.388 e. The minimum absolute atomic E-state index is 0.173. The summed E-state index contributed by atoms with van der Waals surface area (Å²) < 4.78 is 28.0. The SMILES string of the molecule is [B][C@@H]1O[C@H](CC(CC)(CC)OP(=O)(O)C(C)O)[C@@H](O)[C@H]1OC. The molecule has 2 unspecified atom stereocenters.